The highest BCUT2D eigenvalue weighted by atomic mass is 35.5. The third-order valence-electron chi connectivity index (χ3n) is 4.36. The first-order chi connectivity index (χ1) is 11.3. The number of rotatable bonds is 1. The zero-order valence-corrected chi connectivity index (χ0v) is 13.8. The Balaban J connectivity index is 1.55. The maximum atomic E-state index is 6.15. The number of anilines is 1. The van der Waals surface area contributed by atoms with Crippen LogP contribution in [-0.4, -0.2) is 21.5 Å². The molecular formula is C17H13ClN4S. The Labute approximate surface area is 141 Å². The number of aromatic nitrogens is 3. The Morgan fingerprint density at radius 3 is 3.13 bits per heavy atom. The van der Waals surface area contributed by atoms with Crippen molar-refractivity contribution >= 4 is 49.3 Å². The molecule has 0 aliphatic carbocycles. The quantitative estimate of drug-likeness (QED) is 0.559. The number of hydrogen-bond donors (Lipinski definition) is 1. The van der Waals surface area contributed by atoms with Gasteiger partial charge in [0, 0.05) is 34.4 Å². The van der Waals surface area contributed by atoms with E-state index >= 15 is 0 Å². The molecule has 1 aromatic carbocycles. The van der Waals surface area contributed by atoms with Gasteiger partial charge in [-0.3, -0.25) is 0 Å². The van der Waals surface area contributed by atoms with Gasteiger partial charge in [0.2, 0.25) is 0 Å². The smallest absolute Gasteiger partial charge is 0.188 e. The highest BCUT2D eigenvalue weighted by Crippen LogP contribution is 2.34. The molecule has 0 bridgehead atoms. The standard InChI is InChI=1S/C17H13ClN4S/c18-10-3-4-13-12(8-10)11-5-7-22(9-14(11)20-13)17-21-16-15(23-17)2-1-6-19-16/h1-4,6,8,20H,5,7,9H2. The van der Waals surface area contributed by atoms with Crippen molar-refractivity contribution in [2.24, 2.45) is 0 Å². The predicted molar refractivity (Wildman–Crippen MR) is 95.5 cm³/mol. The third kappa shape index (κ3) is 2.11. The minimum Gasteiger partial charge on any atom is -0.357 e. The average molecular weight is 341 g/mol. The number of H-pyrrole nitrogens is 1. The Bertz CT molecular complexity index is 1000. The molecule has 0 saturated heterocycles. The van der Waals surface area contributed by atoms with E-state index in [1.54, 1.807) is 17.5 Å². The van der Waals surface area contributed by atoms with Gasteiger partial charge in [-0.1, -0.05) is 22.9 Å². The Kier molecular flexibility index (Phi) is 2.87. The molecule has 6 heteroatoms. The minimum absolute atomic E-state index is 0.791. The Morgan fingerprint density at radius 1 is 1.26 bits per heavy atom. The number of halogens is 1. The number of hydrogen-bond acceptors (Lipinski definition) is 4. The van der Waals surface area contributed by atoms with Gasteiger partial charge in [-0.2, -0.15) is 4.98 Å². The van der Waals surface area contributed by atoms with E-state index in [1.165, 1.54) is 16.6 Å². The summed E-state index contributed by atoms with van der Waals surface area (Å²) in [5.41, 5.74) is 4.65. The zero-order valence-electron chi connectivity index (χ0n) is 12.2. The van der Waals surface area contributed by atoms with Crippen molar-refractivity contribution in [3.8, 4) is 0 Å². The van der Waals surface area contributed by atoms with Crippen molar-refractivity contribution in [1.29, 1.82) is 0 Å². The second-order valence-corrected chi connectivity index (χ2v) is 7.21. The SMILES string of the molecule is Clc1ccc2[nH]c3c(c2c1)CCN(c1nc2ncccc2s1)C3. The normalized spacial score (nSPS) is 14.6. The number of aromatic amines is 1. The van der Waals surface area contributed by atoms with Gasteiger partial charge in [0.15, 0.2) is 10.8 Å². The molecule has 0 amide bonds. The van der Waals surface area contributed by atoms with Gasteiger partial charge in [-0.15, -0.1) is 0 Å². The number of nitrogens with one attached hydrogen (secondary N) is 1. The summed E-state index contributed by atoms with van der Waals surface area (Å²) in [6.45, 7) is 1.81. The van der Waals surface area contributed by atoms with Crippen molar-refractivity contribution in [2.75, 3.05) is 11.4 Å². The Hall–Kier alpha value is -2.11. The maximum absolute atomic E-state index is 6.15. The molecule has 0 spiro atoms. The fourth-order valence-corrected chi connectivity index (χ4v) is 4.39. The molecule has 4 nitrogen and oxygen atoms in total. The lowest BCUT2D eigenvalue weighted by Gasteiger charge is -2.26. The fourth-order valence-electron chi connectivity index (χ4n) is 3.27. The average Bonchev–Trinajstić information content (AvgIpc) is 3.15. The fraction of sp³-hybridized carbons (Fsp3) is 0.176. The van der Waals surface area contributed by atoms with Crippen molar-refractivity contribution in [3.05, 3.63) is 52.8 Å². The lowest BCUT2D eigenvalue weighted by Crippen LogP contribution is -2.29. The molecule has 0 unspecified atom stereocenters. The van der Waals surface area contributed by atoms with Crippen LogP contribution in [0.15, 0.2) is 36.5 Å². The summed E-state index contributed by atoms with van der Waals surface area (Å²) in [5.74, 6) is 0. The van der Waals surface area contributed by atoms with E-state index in [0.29, 0.717) is 0 Å². The van der Waals surface area contributed by atoms with E-state index < -0.39 is 0 Å². The van der Waals surface area contributed by atoms with Crippen LogP contribution in [0.4, 0.5) is 5.13 Å². The predicted octanol–water partition coefficient (Wildman–Crippen LogP) is 4.39. The van der Waals surface area contributed by atoms with Crippen molar-refractivity contribution in [3.63, 3.8) is 0 Å². The molecule has 1 aliphatic rings. The highest BCUT2D eigenvalue weighted by molar-refractivity contribution is 7.22. The molecule has 0 atom stereocenters. The Morgan fingerprint density at radius 2 is 2.22 bits per heavy atom. The second-order valence-electron chi connectivity index (χ2n) is 5.77. The van der Waals surface area contributed by atoms with Crippen LogP contribution in [0.3, 0.4) is 0 Å². The summed E-state index contributed by atoms with van der Waals surface area (Å²) in [5, 5.41) is 3.08. The molecule has 3 aromatic heterocycles. The zero-order chi connectivity index (χ0) is 15.4. The van der Waals surface area contributed by atoms with Crippen molar-refractivity contribution < 1.29 is 0 Å². The van der Waals surface area contributed by atoms with Gasteiger partial charge in [-0.25, -0.2) is 4.98 Å². The molecule has 0 fully saturated rings. The van der Waals surface area contributed by atoms with Gasteiger partial charge in [0.05, 0.1) is 11.2 Å². The van der Waals surface area contributed by atoms with E-state index in [2.05, 4.69) is 38.1 Å². The molecular weight excluding hydrogens is 328 g/mol. The summed E-state index contributed by atoms with van der Waals surface area (Å²) in [7, 11) is 0. The minimum atomic E-state index is 0.791. The summed E-state index contributed by atoms with van der Waals surface area (Å²) < 4.78 is 1.14. The molecule has 0 saturated carbocycles. The molecule has 1 aliphatic heterocycles. The van der Waals surface area contributed by atoms with Gasteiger partial charge >= 0.3 is 0 Å². The van der Waals surface area contributed by atoms with E-state index in [9.17, 15) is 0 Å². The van der Waals surface area contributed by atoms with Crippen molar-refractivity contribution in [1.82, 2.24) is 15.0 Å². The molecule has 114 valence electrons. The third-order valence-corrected chi connectivity index (χ3v) is 5.67. The molecule has 4 heterocycles. The van der Waals surface area contributed by atoms with Gasteiger partial charge in [0.25, 0.3) is 0 Å². The number of thiazole rings is 1. The van der Waals surface area contributed by atoms with Crippen LogP contribution in [0.25, 0.3) is 21.3 Å². The number of fused-ring (bicyclic) bond motifs is 4. The summed E-state index contributed by atoms with van der Waals surface area (Å²) in [6.07, 6.45) is 2.79. The van der Waals surface area contributed by atoms with Gasteiger partial charge in [0.1, 0.15) is 0 Å². The van der Waals surface area contributed by atoms with Crippen LogP contribution in [-0.2, 0) is 13.0 Å². The van der Waals surface area contributed by atoms with Gasteiger partial charge < -0.3 is 9.88 Å². The highest BCUT2D eigenvalue weighted by Gasteiger charge is 2.23. The molecule has 4 aromatic rings. The molecule has 1 N–H and O–H groups in total. The van der Waals surface area contributed by atoms with Gasteiger partial charge in [-0.05, 0) is 42.3 Å². The van der Waals surface area contributed by atoms with Crippen molar-refractivity contribution in [2.45, 2.75) is 13.0 Å². The first-order valence-corrected chi connectivity index (χ1v) is 8.73. The maximum Gasteiger partial charge on any atom is 0.188 e. The van der Waals surface area contributed by atoms with E-state index in [4.69, 9.17) is 11.6 Å². The monoisotopic (exact) mass is 340 g/mol. The van der Waals surface area contributed by atoms with Crippen LogP contribution in [0.5, 0.6) is 0 Å². The van der Waals surface area contributed by atoms with Crippen LogP contribution in [0.1, 0.15) is 11.3 Å². The van der Waals surface area contributed by atoms with Crippen LogP contribution in [0.2, 0.25) is 5.02 Å². The topological polar surface area (TPSA) is 44.8 Å². The molecule has 5 rings (SSSR count). The van der Waals surface area contributed by atoms with Crippen LogP contribution < -0.4 is 4.90 Å². The lowest BCUT2D eigenvalue weighted by atomic mass is 10.0. The second kappa shape index (κ2) is 4.94. The number of benzene rings is 1. The van der Waals surface area contributed by atoms with Crippen LogP contribution >= 0.6 is 22.9 Å². The van der Waals surface area contributed by atoms with E-state index in [0.717, 1.165) is 45.5 Å². The number of pyridine rings is 1. The first-order valence-electron chi connectivity index (χ1n) is 7.53. The molecule has 0 radical (unpaired) electrons. The molecule has 23 heavy (non-hydrogen) atoms. The lowest BCUT2D eigenvalue weighted by molar-refractivity contribution is 0.722. The summed E-state index contributed by atoms with van der Waals surface area (Å²) >= 11 is 7.85. The largest absolute Gasteiger partial charge is 0.357 e. The first kappa shape index (κ1) is 13.3. The van der Waals surface area contributed by atoms with E-state index in [1.807, 2.05) is 12.1 Å². The van der Waals surface area contributed by atoms with Crippen LogP contribution in [0, 0.1) is 0 Å². The van der Waals surface area contributed by atoms with E-state index in [-0.39, 0.29) is 0 Å². The number of nitrogens with zero attached hydrogens (tertiary/aromatic N) is 3. The summed E-state index contributed by atoms with van der Waals surface area (Å²) in [6, 6.07) is 10.1. The summed E-state index contributed by atoms with van der Waals surface area (Å²) in [4.78, 5) is 14.9.